The number of hydrogen-bond acceptors (Lipinski definition) is 2. The van der Waals surface area contributed by atoms with Gasteiger partial charge in [0, 0.05) is 0 Å². The summed E-state index contributed by atoms with van der Waals surface area (Å²) in [5.74, 6) is -0.321. The van der Waals surface area contributed by atoms with Gasteiger partial charge in [-0.05, 0) is 44.4 Å². The molecule has 0 aromatic heterocycles. The van der Waals surface area contributed by atoms with Gasteiger partial charge in [-0.3, -0.25) is 4.79 Å². The van der Waals surface area contributed by atoms with Gasteiger partial charge < -0.3 is 9.84 Å². The van der Waals surface area contributed by atoms with Crippen molar-refractivity contribution >= 4 is 5.97 Å². The minimum absolute atomic E-state index is 0.0310. The number of hydrogen-bond donors (Lipinski definition) is 1. The lowest BCUT2D eigenvalue weighted by atomic mass is 9.80. The Hall–Kier alpha value is -0.570. The quantitative estimate of drug-likeness (QED) is 0.781. The highest BCUT2D eigenvalue weighted by Crippen LogP contribution is 2.34. The van der Waals surface area contributed by atoms with Crippen LogP contribution in [0.25, 0.3) is 0 Å². The average Bonchev–Trinajstić information content (AvgIpc) is 2.11. The van der Waals surface area contributed by atoms with E-state index in [2.05, 4.69) is 6.92 Å². The van der Waals surface area contributed by atoms with Crippen LogP contribution in [0.5, 0.6) is 0 Å². The summed E-state index contributed by atoms with van der Waals surface area (Å²) in [6.45, 7) is 2.19. The van der Waals surface area contributed by atoms with E-state index >= 15 is 0 Å². The van der Waals surface area contributed by atoms with Crippen molar-refractivity contribution in [3.63, 3.8) is 0 Å². The van der Waals surface area contributed by atoms with Crippen LogP contribution in [0.4, 0.5) is 0 Å². The molecule has 1 N–H and O–H groups in total. The molecular formula is C12H20O3. The normalized spacial score (nSPS) is 37.3. The summed E-state index contributed by atoms with van der Waals surface area (Å²) in [6, 6.07) is 0. The van der Waals surface area contributed by atoms with E-state index in [4.69, 9.17) is 9.84 Å². The van der Waals surface area contributed by atoms with Gasteiger partial charge in [-0.2, -0.15) is 0 Å². The van der Waals surface area contributed by atoms with Gasteiger partial charge in [0.05, 0.1) is 18.1 Å². The molecule has 0 aromatic rings. The highest BCUT2D eigenvalue weighted by atomic mass is 16.5. The van der Waals surface area contributed by atoms with Crippen LogP contribution in [0.2, 0.25) is 0 Å². The molecule has 15 heavy (non-hydrogen) atoms. The van der Waals surface area contributed by atoms with Crippen molar-refractivity contribution in [3.8, 4) is 0 Å². The van der Waals surface area contributed by atoms with E-state index in [0.717, 1.165) is 32.1 Å². The zero-order chi connectivity index (χ0) is 10.8. The number of carbonyl (C=O) groups is 1. The van der Waals surface area contributed by atoms with E-state index in [1.54, 1.807) is 0 Å². The Balaban J connectivity index is 1.92. The van der Waals surface area contributed by atoms with E-state index in [1.165, 1.54) is 6.42 Å². The van der Waals surface area contributed by atoms with Gasteiger partial charge >= 0.3 is 5.97 Å². The molecule has 2 rings (SSSR count). The second-order valence-corrected chi connectivity index (χ2v) is 5.09. The van der Waals surface area contributed by atoms with Gasteiger partial charge in [-0.25, -0.2) is 0 Å². The summed E-state index contributed by atoms with van der Waals surface area (Å²) < 4.78 is 5.89. The topological polar surface area (TPSA) is 46.5 Å². The van der Waals surface area contributed by atoms with Crippen molar-refractivity contribution in [3.05, 3.63) is 0 Å². The SMILES string of the molecule is CC1CCC(C(=O)O)C(OC2CCC2)C1. The lowest BCUT2D eigenvalue weighted by Gasteiger charge is -2.37. The van der Waals surface area contributed by atoms with Crippen LogP contribution < -0.4 is 0 Å². The Morgan fingerprint density at radius 3 is 2.53 bits per heavy atom. The fourth-order valence-electron chi connectivity index (χ4n) is 2.52. The van der Waals surface area contributed by atoms with Crippen molar-refractivity contribution in [1.82, 2.24) is 0 Å². The monoisotopic (exact) mass is 212 g/mol. The molecule has 0 amide bonds. The number of aliphatic carboxylic acids is 1. The Morgan fingerprint density at radius 1 is 1.27 bits per heavy atom. The Morgan fingerprint density at radius 2 is 2.00 bits per heavy atom. The molecule has 86 valence electrons. The molecule has 3 atom stereocenters. The van der Waals surface area contributed by atoms with Crippen LogP contribution in [0.3, 0.4) is 0 Å². The molecular weight excluding hydrogens is 192 g/mol. The minimum Gasteiger partial charge on any atom is -0.481 e. The van der Waals surface area contributed by atoms with E-state index in [0.29, 0.717) is 12.0 Å². The zero-order valence-electron chi connectivity index (χ0n) is 9.32. The maximum Gasteiger partial charge on any atom is 0.309 e. The summed E-state index contributed by atoms with van der Waals surface area (Å²) in [6.07, 6.45) is 6.54. The highest BCUT2D eigenvalue weighted by Gasteiger charge is 2.36. The predicted octanol–water partition coefficient (Wildman–Crippen LogP) is 2.44. The van der Waals surface area contributed by atoms with Crippen LogP contribution in [-0.2, 0) is 9.53 Å². The number of carboxylic acid groups (broad SMARTS) is 1. The van der Waals surface area contributed by atoms with Gasteiger partial charge in [0.1, 0.15) is 0 Å². The predicted molar refractivity (Wildman–Crippen MR) is 56.7 cm³/mol. The van der Waals surface area contributed by atoms with Gasteiger partial charge in [-0.15, -0.1) is 0 Å². The highest BCUT2D eigenvalue weighted by molar-refractivity contribution is 5.70. The maximum atomic E-state index is 11.1. The van der Waals surface area contributed by atoms with Gasteiger partial charge in [0.15, 0.2) is 0 Å². The fraction of sp³-hybridized carbons (Fsp3) is 0.917. The third-order valence-corrected chi connectivity index (χ3v) is 3.79. The molecule has 0 aromatic carbocycles. The van der Waals surface area contributed by atoms with Crippen molar-refractivity contribution < 1.29 is 14.6 Å². The number of rotatable bonds is 3. The largest absolute Gasteiger partial charge is 0.481 e. The van der Waals surface area contributed by atoms with Crippen LogP contribution in [-0.4, -0.2) is 23.3 Å². The first-order valence-corrected chi connectivity index (χ1v) is 6.05. The smallest absolute Gasteiger partial charge is 0.309 e. The lowest BCUT2D eigenvalue weighted by molar-refractivity contribution is -0.157. The first-order chi connectivity index (χ1) is 7.16. The summed E-state index contributed by atoms with van der Waals surface area (Å²) in [5, 5.41) is 9.12. The van der Waals surface area contributed by atoms with Gasteiger partial charge in [0.2, 0.25) is 0 Å². The van der Waals surface area contributed by atoms with E-state index in [-0.39, 0.29) is 12.0 Å². The molecule has 0 saturated heterocycles. The molecule has 0 bridgehead atoms. The zero-order valence-corrected chi connectivity index (χ0v) is 9.32. The van der Waals surface area contributed by atoms with Crippen molar-refractivity contribution in [2.24, 2.45) is 11.8 Å². The fourth-order valence-corrected chi connectivity index (χ4v) is 2.52. The standard InChI is InChI=1S/C12H20O3/c1-8-5-6-10(12(13)14)11(7-8)15-9-3-2-4-9/h8-11H,2-7H2,1H3,(H,13,14). The molecule has 0 aliphatic heterocycles. The number of ether oxygens (including phenoxy) is 1. The van der Waals surface area contributed by atoms with Crippen LogP contribution in [0.15, 0.2) is 0 Å². The molecule has 3 unspecified atom stereocenters. The minimum atomic E-state index is -0.675. The van der Waals surface area contributed by atoms with Gasteiger partial charge in [-0.1, -0.05) is 6.92 Å². The first kappa shape index (κ1) is 10.9. The first-order valence-electron chi connectivity index (χ1n) is 6.05. The second-order valence-electron chi connectivity index (χ2n) is 5.09. The van der Waals surface area contributed by atoms with Crippen molar-refractivity contribution in [2.45, 2.75) is 57.7 Å². The third kappa shape index (κ3) is 2.51. The van der Waals surface area contributed by atoms with E-state index in [1.807, 2.05) is 0 Å². The van der Waals surface area contributed by atoms with Crippen LogP contribution >= 0.6 is 0 Å². The van der Waals surface area contributed by atoms with Crippen molar-refractivity contribution in [2.75, 3.05) is 0 Å². The molecule has 2 aliphatic carbocycles. The molecule has 2 aliphatic rings. The molecule has 0 heterocycles. The van der Waals surface area contributed by atoms with E-state index in [9.17, 15) is 4.79 Å². The molecule has 2 saturated carbocycles. The summed E-state index contributed by atoms with van der Waals surface area (Å²) >= 11 is 0. The molecule has 2 fully saturated rings. The third-order valence-electron chi connectivity index (χ3n) is 3.79. The summed E-state index contributed by atoms with van der Waals surface area (Å²) in [7, 11) is 0. The van der Waals surface area contributed by atoms with Gasteiger partial charge in [0.25, 0.3) is 0 Å². The van der Waals surface area contributed by atoms with Crippen LogP contribution in [0.1, 0.15) is 45.4 Å². The Kier molecular flexibility index (Phi) is 3.29. The molecule has 3 nitrogen and oxygen atoms in total. The Labute approximate surface area is 90.8 Å². The summed E-state index contributed by atoms with van der Waals surface area (Å²) in [5.41, 5.74) is 0. The number of carboxylic acids is 1. The van der Waals surface area contributed by atoms with E-state index < -0.39 is 5.97 Å². The van der Waals surface area contributed by atoms with Crippen LogP contribution in [0, 0.1) is 11.8 Å². The molecule has 0 radical (unpaired) electrons. The average molecular weight is 212 g/mol. The Bertz CT molecular complexity index is 235. The van der Waals surface area contributed by atoms with Crippen molar-refractivity contribution in [1.29, 1.82) is 0 Å². The molecule has 3 heteroatoms. The summed E-state index contributed by atoms with van der Waals surface area (Å²) in [4.78, 5) is 11.1. The second kappa shape index (κ2) is 4.52. The lowest BCUT2D eigenvalue weighted by Crippen LogP contribution is -2.40. The maximum absolute atomic E-state index is 11.1. The molecule has 0 spiro atoms.